The Morgan fingerprint density at radius 3 is 2.44 bits per heavy atom. The zero-order chi connectivity index (χ0) is 11.3. The summed E-state index contributed by atoms with van der Waals surface area (Å²) in [7, 11) is 0. The highest BCUT2D eigenvalue weighted by atomic mass is 16.4. The van der Waals surface area contributed by atoms with E-state index in [-0.39, 0.29) is 11.4 Å². The minimum atomic E-state index is -0.386. The summed E-state index contributed by atoms with van der Waals surface area (Å²) in [5.74, 6) is 0.327. The summed E-state index contributed by atoms with van der Waals surface area (Å²) in [6.45, 7) is 1.64. The van der Waals surface area contributed by atoms with Gasteiger partial charge in [0, 0.05) is 16.7 Å². The fraction of sp³-hybridized carbons (Fsp3) is 0.0769. The van der Waals surface area contributed by atoms with E-state index < -0.39 is 0 Å². The number of carbonyl (C=O) groups excluding carboxylic acids is 1. The zero-order valence-corrected chi connectivity index (χ0v) is 8.61. The number of benzene rings is 1. The molecule has 0 saturated carbocycles. The van der Waals surface area contributed by atoms with Crippen LogP contribution in [0.2, 0.25) is 0 Å². The smallest absolute Gasteiger partial charge is 0.339 e. The second-order valence-corrected chi connectivity index (χ2v) is 3.83. The van der Waals surface area contributed by atoms with Crippen molar-refractivity contribution in [2.45, 2.75) is 6.92 Å². The van der Waals surface area contributed by atoms with E-state index in [4.69, 9.17) is 4.42 Å². The van der Waals surface area contributed by atoms with Crippen molar-refractivity contribution in [1.29, 1.82) is 0 Å². The van der Waals surface area contributed by atoms with Gasteiger partial charge in [-0.25, -0.2) is 4.79 Å². The van der Waals surface area contributed by atoms with Crippen LogP contribution in [-0.4, -0.2) is 5.78 Å². The maximum atomic E-state index is 12.0. The van der Waals surface area contributed by atoms with Crippen molar-refractivity contribution in [3.05, 3.63) is 57.4 Å². The van der Waals surface area contributed by atoms with E-state index in [9.17, 15) is 9.59 Å². The van der Waals surface area contributed by atoms with E-state index in [0.29, 0.717) is 28.0 Å². The fourth-order valence-corrected chi connectivity index (χ4v) is 1.96. The predicted molar refractivity (Wildman–Crippen MR) is 58.6 cm³/mol. The van der Waals surface area contributed by atoms with E-state index in [2.05, 4.69) is 0 Å². The van der Waals surface area contributed by atoms with Crippen molar-refractivity contribution in [3.63, 3.8) is 0 Å². The molecule has 0 radical (unpaired) electrons. The molecule has 78 valence electrons. The minimum Gasteiger partial charge on any atom is -0.422 e. The fourth-order valence-electron chi connectivity index (χ4n) is 1.96. The van der Waals surface area contributed by atoms with Crippen molar-refractivity contribution in [1.82, 2.24) is 0 Å². The number of hydrogen-bond donors (Lipinski definition) is 0. The standard InChI is InChI=1S/C13H8O3/c1-7-6-10-11(14)8-4-2-3-5-9(8)12(10)16-13(7)15/h2-6H,1H3. The first-order chi connectivity index (χ1) is 7.68. The molecule has 0 atom stereocenters. The highest BCUT2D eigenvalue weighted by molar-refractivity contribution is 6.20. The van der Waals surface area contributed by atoms with E-state index in [1.807, 2.05) is 6.07 Å². The first-order valence-electron chi connectivity index (χ1n) is 4.97. The van der Waals surface area contributed by atoms with Crippen LogP contribution in [0, 0.1) is 6.92 Å². The van der Waals surface area contributed by atoms with Crippen LogP contribution in [0.1, 0.15) is 21.5 Å². The molecule has 3 heteroatoms. The second-order valence-electron chi connectivity index (χ2n) is 3.83. The molecular formula is C13H8O3. The predicted octanol–water partition coefficient (Wildman–Crippen LogP) is 2.16. The molecular weight excluding hydrogens is 204 g/mol. The molecule has 1 aliphatic carbocycles. The number of ketones is 1. The molecule has 0 unspecified atom stereocenters. The van der Waals surface area contributed by atoms with Gasteiger partial charge in [-0.15, -0.1) is 0 Å². The van der Waals surface area contributed by atoms with E-state index in [1.165, 1.54) is 0 Å². The van der Waals surface area contributed by atoms with Crippen LogP contribution >= 0.6 is 0 Å². The number of carbonyl (C=O) groups is 1. The summed E-state index contributed by atoms with van der Waals surface area (Å²) in [6, 6.07) is 8.75. The lowest BCUT2D eigenvalue weighted by Gasteiger charge is -1.97. The molecule has 16 heavy (non-hydrogen) atoms. The first kappa shape index (κ1) is 9.09. The Hall–Kier alpha value is -2.16. The topological polar surface area (TPSA) is 47.3 Å². The molecule has 1 aromatic heterocycles. The lowest BCUT2D eigenvalue weighted by Crippen LogP contribution is -2.05. The highest BCUT2D eigenvalue weighted by Gasteiger charge is 2.29. The molecule has 0 spiro atoms. The molecule has 3 nitrogen and oxygen atoms in total. The number of fused-ring (bicyclic) bond motifs is 3. The molecule has 0 amide bonds. The van der Waals surface area contributed by atoms with Gasteiger partial charge in [-0.2, -0.15) is 0 Å². The molecule has 0 aliphatic heterocycles. The third kappa shape index (κ3) is 1.03. The van der Waals surface area contributed by atoms with Gasteiger partial charge in [-0.1, -0.05) is 24.3 Å². The maximum absolute atomic E-state index is 12.0. The second kappa shape index (κ2) is 2.92. The Morgan fingerprint density at radius 2 is 1.69 bits per heavy atom. The Balaban J connectivity index is 2.43. The maximum Gasteiger partial charge on any atom is 0.339 e. The van der Waals surface area contributed by atoms with Crippen LogP contribution in [0.25, 0.3) is 11.3 Å². The van der Waals surface area contributed by atoms with Crippen LogP contribution < -0.4 is 5.63 Å². The summed E-state index contributed by atoms with van der Waals surface area (Å²) in [6.07, 6.45) is 0. The summed E-state index contributed by atoms with van der Waals surface area (Å²) in [5, 5.41) is 0. The van der Waals surface area contributed by atoms with Crippen LogP contribution in [0.15, 0.2) is 39.5 Å². The Bertz CT molecular complexity index is 665. The summed E-state index contributed by atoms with van der Waals surface area (Å²) in [5.41, 5.74) is 1.87. The van der Waals surface area contributed by atoms with Crippen molar-refractivity contribution in [2.24, 2.45) is 0 Å². The molecule has 0 N–H and O–H groups in total. The van der Waals surface area contributed by atoms with Crippen molar-refractivity contribution >= 4 is 5.78 Å². The first-order valence-corrected chi connectivity index (χ1v) is 4.97. The van der Waals surface area contributed by atoms with Crippen molar-refractivity contribution in [2.75, 3.05) is 0 Å². The highest BCUT2D eigenvalue weighted by Crippen LogP contribution is 2.35. The van der Waals surface area contributed by atoms with E-state index in [0.717, 1.165) is 0 Å². The SMILES string of the molecule is Cc1cc2c(oc1=O)-c1ccccc1C2=O. The van der Waals surface area contributed by atoms with Crippen LogP contribution in [0.5, 0.6) is 0 Å². The Labute approximate surface area is 91.3 Å². The van der Waals surface area contributed by atoms with E-state index in [1.54, 1.807) is 31.2 Å². The van der Waals surface area contributed by atoms with Gasteiger partial charge in [0.15, 0.2) is 5.78 Å². The molecule has 1 aliphatic rings. The Kier molecular flexibility index (Phi) is 1.66. The van der Waals surface area contributed by atoms with E-state index >= 15 is 0 Å². The van der Waals surface area contributed by atoms with Crippen LogP contribution in [-0.2, 0) is 0 Å². The monoisotopic (exact) mass is 212 g/mol. The molecule has 0 saturated heterocycles. The van der Waals surface area contributed by atoms with Gasteiger partial charge in [0.05, 0.1) is 5.56 Å². The Morgan fingerprint density at radius 1 is 1.00 bits per heavy atom. The lowest BCUT2D eigenvalue weighted by molar-refractivity contribution is 0.104. The average molecular weight is 212 g/mol. The van der Waals surface area contributed by atoms with Gasteiger partial charge in [0.1, 0.15) is 5.76 Å². The van der Waals surface area contributed by atoms with Gasteiger partial charge >= 0.3 is 5.63 Å². The van der Waals surface area contributed by atoms with Gasteiger partial charge in [-0.3, -0.25) is 4.79 Å². The van der Waals surface area contributed by atoms with Gasteiger partial charge in [0.25, 0.3) is 0 Å². The largest absolute Gasteiger partial charge is 0.422 e. The summed E-state index contributed by atoms with van der Waals surface area (Å²) < 4.78 is 5.17. The number of aryl methyl sites for hydroxylation is 1. The molecule has 0 fully saturated rings. The van der Waals surface area contributed by atoms with Crippen molar-refractivity contribution < 1.29 is 9.21 Å². The average Bonchev–Trinajstić information content (AvgIpc) is 2.55. The van der Waals surface area contributed by atoms with Gasteiger partial charge < -0.3 is 4.42 Å². The number of rotatable bonds is 0. The normalized spacial score (nSPS) is 12.4. The van der Waals surface area contributed by atoms with Crippen LogP contribution in [0.4, 0.5) is 0 Å². The quantitative estimate of drug-likeness (QED) is 0.573. The third-order valence-corrected chi connectivity index (χ3v) is 2.78. The molecule has 3 rings (SSSR count). The van der Waals surface area contributed by atoms with Gasteiger partial charge in [-0.05, 0) is 13.0 Å². The summed E-state index contributed by atoms with van der Waals surface area (Å²) in [4.78, 5) is 23.4. The minimum absolute atomic E-state index is 0.0718. The summed E-state index contributed by atoms with van der Waals surface area (Å²) >= 11 is 0. The zero-order valence-electron chi connectivity index (χ0n) is 8.61. The van der Waals surface area contributed by atoms with Gasteiger partial charge in [0.2, 0.25) is 0 Å². The van der Waals surface area contributed by atoms with Crippen molar-refractivity contribution in [3.8, 4) is 11.3 Å². The molecule has 2 aromatic rings. The molecule has 1 aromatic carbocycles. The number of hydrogen-bond acceptors (Lipinski definition) is 3. The molecule has 1 heterocycles. The third-order valence-electron chi connectivity index (χ3n) is 2.78. The van der Waals surface area contributed by atoms with Crippen LogP contribution in [0.3, 0.4) is 0 Å². The molecule has 0 bridgehead atoms. The lowest BCUT2D eigenvalue weighted by atomic mass is 10.1.